The predicted octanol–water partition coefficient (Wildman–Crippen LogP) is 4.33. The Kier molecular flexibility index (Phi) is 3.33. The second kappa shape index (κ2) is 4.58. The maximum atomic E-state index is 12.9. The van der Waals surface area contributed by atoms with Crippen molar-refractivity contribution in [1.82, 2.24) is 0 Å². The first-order valence-electron chi connectivity index (χ1n) is 5.46. The van der Waals surface area contributed by atoms with Gasteiger partial charge in [-0.15, -0.1) is 0 Å². The highest BCUT2D eigenvalue weighted by Gasteiger charge is 2.34. The predicted molar refractivity (Wildman–Crippen MR) is 62.3 cm³/mol. The minimum atomic E-state index is -2.47. The lowest BCUT2D eigenvalue weighted by molar-refractivity contribution is -0.0360. The maximum absolute atomic E-state index is 12.9. The van der Waals surface area contributed by atoms with E-state index >= 15 is 0 Å². The Bertz CT molecular complexity index is 358. The topological polar surface area (TPSA) is 12.0 Å². The van der Waals surface area contributed by atoms with Crippen LogP contribution in [-0.2, 0) is 0 Å². The first-order chi connectivity index (χ1) is 7.57. The summed E-state index contributed by atoms with van der Waals surface area (Å²) in [6, 6.07) is 7.50. The minimum absolute atomic E-state index is 0.0326. The van der Waals surface area contributed by atoms with Crippen molar-refractivity contribution in [3.05, 3.63) is 29.3 Å². The van der Waals surface area contributed by atoms with Gasteiger partial charge in [-0.2, -0.15) is 0 Å². The standard InChI is InChI=1S/C12H14ClF2N/c13-10-3-1-2-4-11(10)16-9-5-7-12(14,15)8-6-9/h1-4,9,16H,5-8H2. The van der Waals surface area contributed by atoms with Gasteiger partial charge in [0.05, 0.1) is 10.7 Å². The van der Waals surface area contributed by atoms with E-state index in [4.69, 9.17) is 11.6 Å². The number of hydrogen-bond donors (Lipinski definition) is 1. The molecule has 1 aliphatic carbocycles. The fraction of sp³-hybridized carbons (Fsp3) is 0.500. The van der Waals surface area contributed by atoms with Crippen molar-refractivity contribution in [2.24, 2.45) is 0 Å². The van der Waals surface area contributed by atoms with E-state index in [2.05, 4.69) is 5.32 Å². The summed E-state index contributed by atoms with van der Waals surface area (Å²) in [5.41, 5.74) is 0.833. The fourth-order valence-electron chi connectivity index (χ4n) is 1.98. The van der Waals surface area contributed by atoms with Gasteiger partial charge in [0.25, 0.3) is 0 Å². The molecule has 0 radical (unpaired) electrons. The molecule has 1 aromatic carbocycles. The van der Waals surface area contributed by atoms with Gasteiger partial charge < -0.3 is 5.32 Å². The lowest BCUT2D eigenvalue weighted by atomic mass is 9.92. The smallest absolute Gasteiger partial charge is 0.248 e. The van der Waals surface area contributed by atoms with Crippen LogP contribution in [0.5, 0.6) is 0 Å². The van der Waals surface area contributed by atoms with Crippen LogP contribution >= 0.6 is 11.6 Å². The molecule has 1 saturated carbocycles. The van der Waals surface area contributed by atoms with Crippen LogP contribution in [0.1, 0.15) is 25.7 Å². The van der Waals surface area contributed by atoms with Crippen LogP contribution in [0, 0.1) is 0 Å². The van der Waals surface area contributed by atoms with E-state index in [1.54, 1.807) is 6.07 Å². The van der Waals surface area contributed by atoms with Crippen molar-refractivity contribution < 1.29 is 8.78 Å². The fourth-order valence-corrected chi connectivity index (χ4v) is 2.17. The summed E-state index contributed by atoms with van der Waals surface area (Å²) >= 11 is 5.99. The van der Waals surface area contributed by atoms with E-state index in [0.717, 1.165) is 5.69 Å². The van der Waals surface area contributed by atoms with Crippen LogP contribution in [0.3, 0.4) is 0 Å². The highest BCUT2D eigenvalue weighted by molar-refractivity contribution is 6.33. The van der Waals surface area contributed by atoms with Crippen LogP contribution in [0.15, 0.2) is 24.3 Å². The number of para-hydroxylation sites is 1. The van der Waals surface area contributed by atoms with Gasteiger partial charge in [0.2, 0.25) is 5.92 Å². The first-order valence-corrected chi connectivity index (χ1v) is 5.83. The summed E-state index contributed by atoms with van der Waals surface area (Å²) in [5.74, 6) is -2.47. The molecular formula is C12H14ClF2N. The van der Waals surface area contributed by atoms with E-state index < -0.39 is 5.92 Å². The Labute approximate surface area is 98.8 Å². The molecule has 16 heavy (non-hydrogen) atoms. The molecule has 0 atom stereocenters. The zero-order valence-electron chi connectivity index (χ0n) is 8.85. The molecule has 2 rings (SSSR count). The van der Waals surface area contributed by atoms with E-state index in [1.807, 2.05) is 18.2 Å². The monoisotopic (exact) mass is 245 g/mol. The molecule has 1 aromatic rings. The summed E-state index contributed by atoms with van der Waals surface area (Å²) in [7, 11) is 0. The number of benzene rings is 1. The molecule has 0 spiro atoms. The highest BCUT2D eigenvalue weighted by Crippen LogP contribution is 2.35. The number of nitrogens with one attached hydrogen (secondary N) is 1. The lowest BCUT2D eigenvalue weighted by Crippen LogP contribution is -2.32. The largest absolute Gasteiger partial charge is 0.381 e. The van der Waals surface area contributed by atoms with Crippen molar-refractivity contribution in [1.29, 1.82) is 0 Å². The van der Waals surface area contributed by atoms with Gasteiger partial charge in [-0.3, -0.25) is 0 Å². The minimum Gasteiger partial charge on any atom is -0.381 e. The second-order valence-corrected chi connectivity index (χ2v) is 4.66. The number of rotatable bonds is 2. The third kappa shape index (κ3) is 2.85. The van der Waals surface area contributed by atoms with Gasteiger partial charge >= 0.3 is 0 Å². The molecule has 0 bridgehead atoms. The summed E-state index contributed by atoms with van der Waals surface area (Å²) in [6.07, 6.45) is 0.931. The molecule has 0 unspecified atom stereocenters. The van der Waals surface area contributed by atoms with E-state index in [-0.39, 0.29) is 18.9 Å². The average molecular weight is 246 g/mol. The van der Waals surface area contributed by atoms with Gasteiger partial charge in [0.1, 0.15) is 0 Å². The molecule has 0 aromatic heterocycles. The maximum Gasteiger partial charge on any atom is 0.248 e. The number of hydrogen-bond acceptors (Lipinski definition) is 1. The van der Waals surface area contributed by atoms with Gasteiger partial charge in [-0.1, -0.05) is 23.7 Å². The van der Waals surface area contributed by atoms with Crippen molar-refractivity contribution >= 4 is 17.3 Å². The zero-order valence-corrected chi connectivity index (χ0v) is 9.61. The summed E-state index contributed by atoms with van der Waals surface area (Å²) in [6.45, 7) is 0. The molecule has 1 N–H and O–H groups in total. The summed E-state index contributed by atoms with van der Waals surface area (Å²) < 4.78 is 25.9. The van der Waals surface area contributed by atoms with Crippen molar-refractivity contribution in [3.8, 4) is 0 Å². The molecule has 0 amide bonds. The lowest BCUT2D eigenvalue weighted by Gasteiger charge is -2.29. The number of alkyl halides is 2. The van der Waals surface area contributed by atoms with Gasteiger partial charge in [0.15, 0.2) is 0 Å². The van der Waals surface area contributed by atoms with Gasteiger partial charge in [-0.25, -0.2) is 8.78 Å². The molecule has 4 heteroatoms. The molecule has 1 aliphatic rings. The third-order valence-electron chi connectivity index (χ3n) is 2.95. The molecule has 0 saturated heterocycles. The molecular weight excluding hydrogens is 232 g/mol. The molecule has 0 aliphatic heterocycles. The van der Waals surface area contributed by atoms with Gasteiger partial charge in [0, 0.05) is 18.9 Å². The molecule has 1 nitrogen and oxygen atoms in total. The Hall–Kier alpha value is -0.830. The number of halogens is 3. The Morgan fingerprint density at radius 2 is 1.81 bits per heavy atom. The number of anilines is 1. The van der Waals surface area contributed by atoms with Crippen molar-refractivity contribution in [3.63, 3.8) is 0 Å². The average Bonchev–Trinajstić information content (AvgIpc) is 2.24. The van der Waals surface area contributed by atoms with E-state index in [9.17, 15) is 8.78 Å². The summed E-state index contributed by atoms with van der Waals surface area (Å²) in [4.78, 5) is 0. The summed E-state index contributed by atoms with van der Waals surface area (Å²) in [5, 5.41) is 3.86. The molecule has 88 valence electrons. The van der Waals surface area contributed by atoms with Crippen molar-refractivity contribution in [2.45, 2.75) is 37.6 Å². The molecule has 1 fully saturated rings. The van der Waals surface area contributed by atoms with Crippen LogP contribution in [0.4, 0.5) is 14.5 Å². The molecule has 0 heterocycles. The van der Waals surface area contributed by atoms with E-state index in [0.29, 0.717) is 17.9 Å². The van der Waals surface area contributed by atoms with Crippen molar-refractivity contribution in [2.75, 3.05) is 5.32 Å². The second-order valence-electron chi connectivity index (χ2n) is 4.25. The quantitative estimate of drug-likeness (QED) is 0.818. The van der Waals surface area contributed by atoms with E-state index in [1.165, 1.54) is 0 Å². The third-order valence-corrected chi connectivity index (χ3v) is 3.28. The van der Waals surface area contributed by atoms with Crippen LogP contribution in [0.2, 0.25) is 5.02 Å². The Morgan fingerprint density at radius 3 is 2.44 bits per heavy atom. The normalized spacial score (nSPS) is 20.7. The Morgan fingerprint density at radius 1 is 1.19 bits per heavy atom. The first kappa shape index (κ1) is 11.6. The van der Waals surface area contributed by atoms with Crippen LogP contribution in [-0.4, -0.2) is 12.0 Å². The van der Waals surface area contributed by atoms with Gasteiger partial charge in [-0.05, 0) is 25.0 Å². The van der Waals surface area contributed by atoms with Crippen LogP contribution < -0.4 is 5.32 Å². The zero-order chi connectivity index (χ0) is 11.6. The Balaban J connectivity index is 1.95. The SMILES string of the molecule is FC1(F)CCC(Nc2ccccc2Cl)CC1. The highest BCUT2D eigenvalue weighted by atomic mass is 35.5. The van der Waals surface area contributed by atoms with Crippen LogP contribution in [0.25, 0.3) is 0 Å².